The Kier molecular flexibility index (Phi) is 3.71. The van der Waals surface area contributed by atoms with Gasteiger partial charge in [-0.15, -0.1) is 11.3 Å². The third-order valence-electron chi connectivity index (χ3n) is 1.60. The lowest BCUT2D eigenvalue weighted by molar-refractivity contribution is -0.143. The van der Waals surface area contributed by atoms with Gasteiger partial charge in [0.2, 0.25) is 0 Å². The highest BCUT2D eigenvalue weighted by atomic mass is 35.5. The van der Waals surface area contributed by atoms with E-state index in [0.29, 0.717) is 4.34 Å². The maximum absolute atomic E-state index is 11.2. The molecule has 0 saturated carbocycles. The number of halogens is 1. The molecule has 0 aromatic carbocycles. The van der Waals surface area contributed by atoms with Crippen molar-refractivity contribution in [3.8, 4) is 0 Å². The van der Waals surface area contributed by atoms with Crippen molar-refractivity contribution in [1.82, 2.24) is 5.32 Å². The number of carbonyl (C=O) groups excluding carboxylic acids is 1. The number of rotatable bonds is 3. The summed E-state index contributed by atoms with van der Waals surface area (Å²) in [5, 5.41) is 2.86. The molecule has 3 nitrogen and oxygen atoms in total. The van der Waals surface area contributed by atoms with Crippen molar-refractivity contribution in [2.24, 2.45) is 0 Å². The molecule has 1 rings (SSSR count). The van der Waals surface area contributed by atoms with Crippen molar-refractivity contribution >= 4 is 28.9 Å². The quantitative estimate of drug-likeness (QED) is 0.789. The molecule has 72 valence electrons. The number of hydrogen-bond acceptors (Lipinski definition) is 4. The molecule has 0 amide bonds. The number of likely N-dealkylation sites (N-methyl/N-ethyl adjacent to an activating group) is 1. The van der Waals surface area contributed by atoms with Crippen LogP contribution in [-0.2, 0) is 9.53 Å². The van der Waals surface area contributed by atoms with E-state index in [0.717, 1.165) is 4.88 Å². The molecule has 1 aromatic heterocycles. The largest absolute Gasteiger partial charge is 0.468 e. The second-order valence-electron chi connectivity index (χ2n) is 2.39. The summed E-state index contributed by atoms with van der Waals surface area (Å²) >= 11 is 7.11. The Morgan fingerprint density at radius 1 is 1.69 bits per heavy atom. The van der Waals surface area contributed by atoms with E-state index in [1.54, 1.807) is 13.1 Å². The van der Waals surface area contributed by atoms with Gasteiger partial charge in [-0.3, -0.25) is 0 Å². The predicted octanol–water partition coefficient (Wildman–Crippen LogP) is 1.83. The number of ether oxygens (including phenoxy) is 1. The maximum Gasteiger partial charge on any atom is 0.328 e. The maximum atomic E-state index is 11.2. The Hall–Kier alpha value is -0.580. The highest BCUT2D eigenvalue weighted by Crippen LogP contribution is 2.27. The fraction of sp³-hybridized carbons (Fsp3) is 0.375. The van der Waals surface area contributed by atoms with E-state index >= 15 is 0 Å². The standard InChI is InChI=1S/C8H10ClNO2S/c1-10-7(8(11)12-2)5-3-4-6(9)13-5/h3-4,7,10H,1-2H3. The van der Waals surface area contributed by atoms with Crippen LogP contribution in [0, 0.1) is 0 Å². The molecule has 0 bridgehead atoms. The smallest absolute Gasteiger partial charge is 0.328 e. The van der Waals surface area contributed by atoms with Gasteiger partial charge in [-0.1, -0.05) is 11.6 Å². The molecule has 0 saturated heterocycles. The molecular weight excluding hydrogens is 210 g/mol. The summed E-state index contributed by atoms with van der Waals surface area (Å²) < 4.78 is 5.29. The monoisotopic (exact) mass is 219 g/mol. The van der Waals surface area contributed by atoms with Gasteiger partial charge in [0.15, 0.2) is 0 Å². The number of methoxy groups -OCH3 is 1. The fourth-order valence-electron chi connectivity index (χ4n) is 0.978. The first-order valence-electron chi connectivity index (χ1n) is 3.69. The van der Waals surface area contributed by atoms with Crippen LogP contribution in [-0.4, -0.2) is 20.1 Å². The van der Waals surface area contributed by atoms with Crippen molar-refractivity contribution < 1.29 is 9.53 Å². The Bertz CT molecular complexity index is 300. The zero-order valence-electron chi connectivity index (χ0n) is 7.33. The Morgan fingerprint density at radius 2 is 2.38 bits per heavy atom. The van der Waals surface area contributed by atoms with Gasteiger partial charge in [0, 0.05) is 4.88 Å². The summed E-state index contributed by atoms with van der Waals surface area (Å²) in [4.78, 5) is 12.1. The molecule has 5 heteroatoms. The van der Waals surface area contributed by atoms with Gasteiger partial charge in [0.25, 0.3) is 0 Å². The zero-order valence-corrected chi connectivity index (χ0v) is 8.91. The van der Waals surface area contributed by atoms with Crippen molar-refractivity contribution in [3.63, 3.8) is 0 Å². The fourth-order valence-corrected chi connectivity index (χ4v) is 2.14. The minimum atomic E-state index is -0.414. The highest BCUT2D eigenvalue weighted by molar-refractivity contribution is 7.16. The van der Waals surface area contributed by atoms with Gasteiger partial charge < -0.3 is 10.1 Å². The second kappa shape index (κ2) is 4.60. The molecule has 1 heterocycles. The lowest BCUT2D eigenvalue weighted by Gasteiger charge is -2.10. The Morgan fingerprint density at radius 3 is 2.77 bits per heavy atom. The van der Waals surface area contributed by atoms with Crippen LogP contribution >= 0.6 is 22.9 Å². The lowest BCUT2D eigenvalue weighted by atomic mass is 10.2. The summed E-state index contributed by atoms with van der Waals surface area (Å²) in [6.07, 6.45) is 0. The number of nitrogens with one attached hydrogen (secondary N) is 1. The van der Waals surface area contributed by atoms with Gasteiger partial charge in [0.1, 0.15) is 6.04 Å². The molecule has 1 N–H and O–H groups in total. The zero-order chi connectivity index (χ0) is 9.84. The van der Waals surface area contributed by atoms with E-state index in [-0.39, 0.29) is 5.97 Å². The van der Waals surface area contributed by atoms with Gasteiger partial charge >= 0.3 is 5.97 Å². The molecule has 0 spiro atoms. The van der Waals surface area contributed by atoms with Crippen molar-refractivity contribution in [2.75, 3.05) is 14.2 Å². The highest BCUT2D eigenvalue weighted by Gasteiger charge is 2.20. The lowest BCUT2D eigenvalue weighted by Crippen LogP contribution is -2.25. The summed E-state index contributed by atoms with van der Waals surface area (Å²) in [6.45, 7) is 0. The molecule has 1 aromatic rings. The summed E-state index contributed by atoms with van der Waals surface area (Å²) in [6, 6.07) is 3.16. The van der Waals surface area contributed by atoms with Gasteiger partial charge in [-0.05, 0) is 19.2 Å². The van der Waals surface area contributed by atoms with Crippen LogP contribution in [0.4, 0.5) is 0 Å². The molecule has 0 fully saturated rings. The van der Waals surface area contributed by atoms with E-state index in [2.05, 4.69) is 10.1 Å². The van der Waals surface area contributed by atoms with Crippen LogP contribution in [0.2, 0.25) is 4.34 Å². The minimum Gasteiger partial charge on any atom is -0.468 e. The average Bonchev–Trinajstić information content (AvgIpc) is 2.53. The first kappa shape index (κ1) is 10.5. The van der Waals surface area contributed by atoms with E-state index in [1.807, 2.05) is 6.07 Å². The third-order valence-corrected chi connectivity index (χ3v) is 2.90. The van der Waals surface area contributed by atoms with Crippen LogP contribution in [0.3, 0.4) is 0 Å². The first-order chi connectivity index (χ1) is 6.19. The predicted molar refractivity (Wildman–Crippen MR) is 53.1 cm³/mol. The third kappa shape index (κ3) is 2.43. The number of hydrogen-bond donors (Lipinski definition) is 1. The molecule has 13 heavy (non-hydrogen) atoms. The Balaban J connectivity index is 2.84. The minimum absolute atomic E-state index is 0.305. The second-order valence-corrected chi connectivity index (χ2v) is 4.13. The summed E-state index contributed by atoms with van der Waals surface area (Å²) in [5.41, 5.74) is 0. The van der Waals surface area contributed by atoms with Crippen LogP contribution in [0.15, 0.2) is 12.1 Å². The van der Waals surface area contributed by atoms with Crippen molar-refractivity contribution in [2.45, 2.75) is 6.04 Å². The van der Waals surface area contributed by atoms with Crippen LogP contribution in [0.1, 0.15) is 10.9 Å². The summed E-state index contributed by atoms with van der Waals surface area (Å²) in [5.74, 6) is -0.305. The van der Waals surface area contributed by atoms with Gasteiger partial charge in [-0.2, -0.15) is 0 Å². The van der Waals surface area contributed by atoms with Crippen LogP contribution in [0.25, 0.3) is 0 Å². The number of thiophene rings is 1. The molecule has 0 aliphatic rings. The topological polar surface area (TPSA) is 38.3 Å². The van der Waals surface area contributed by atoms with Crippen molar-refractivity contribution in [3.05, 3.63) is 21.3 Å². The molecular formula is C8H10ClNO2S. The van der Waals surface area contributed by atoms with E-state index in [1.165, 1.54) is 18.4 Å². The molecule has 0 aliphatic carbocycles. The van der Waals surface area contributed by atoms with Crippen LogP contribution in [0.5, 0.6) is 0 Å². The number of carbonyl (C=O) groups is 1. The van der Waals surface area contributed by atoms with Crippen molar-refractivity contribution in [1.29, 1.82) is 0 Å². The Labute approximate surface area is 85.7 Å². The SMILES string of the molecule is CNC(C(=O)OC)c1ccc(Cl)s1. The molecule has 0 aliphatic heterocycles. The first-order valence-corrected chi connectivity index (χ1v) is 4.88. The molecule has 1 atom stereocenters. The molecule has 0 radical (unpaired) electrons. The number of esters is 1. The van der Waals surface area contributed by atoms with E-state index < -0.39 is 6.04 Å². The van der Waals surface area contributed by atoms with Crippen LogP contribution < -0.4 is 5.32 Å². The normalized spacial score (nSPS) is 12.5. The molecule has 1 unspecified atom stereocenters. The average molecular weight is 220 g/mol. The van der Waals surface area contributed by atoms with E-state index in [4.69, 9.17) is 11.6 Å². The summed E-state index contributed by atoms with van der Waals surface area (Å²) in [7, 11) is 3.07. The van der Waals surface area contributed by atoms with Gasteiger partial charge in [-0.25, -0.2) is 4.79 Å². The van der Waals surface area contributed by atoms with Gasteiger partial charge in [0.05, 0.1) is 11.4 Å². The van der Waals surface area contributed by atoms with E-state index in [9.17, 15) is 4.79 Å².